The minimum atomic E-state index is -0.327. The van der Waals surface area contributed by atoms with Gasteiger partial charge in [-0.2, -0.15) is 0 Å². The molecule has 1 aromatic carbocycles. The van der Waals surface area contributed by atoms with Crippen LogP contribution in [0.1, 0.15) is 31.4 Å². The second kappa shape index (κ2) is 7.16. The highest BCUT2D eigenvalue weighted by atomic mass is 19.1. The van der Waals surface area contributed by atoms with Crippen LogP contribution in [0.25, 0.3) is 5.57 Å². The van der Waals surface area contributed by atoms with Crippen molar-refractivity contribution in [1.82, 2.24) is 5.32 Å². The van der Waals surface area contributed by atoms with Crippen LogP contribution < -0.4 is 5.32 Å². The van der Waals surface area contributed by atoms with Crippen LogP contribution in [0.2, 0.25) is 0 Å². The predicted molar refractivity (Wildman–Crippen MR) is 108 cm³/mol. The Bertz CT molecular complexity index is 857. The standard InChI is InChI=1S/C23H27FN2/c1-15-5-8-19(18-7-10-22(25)23(3,13-18)14-26-4)20(11-15)17-6-9-21(24)16(2)12-17/h5-10,12-13,15,25-26H,11,14H2,1-4H3. The molecule has 2 unspecified atom stereocenters. The van der Waals surface area contributed by atoms with Crippen molar-refractivity contribution in [3.8, 4) is 0 Å². The van der Waals surface area contributed by atoms with Gasteiger partial charge in [-0.05, 0) is 79.3 Å². The number of hydrogen-bond donors (Lipinski definition) is 2. The largest absolute Gasteiger partial charge is 0.319 e. The lowest BCUT2D eigenvalue weighted by atomic mass is 9.75. The van der Waals surface area contributed by atoms with Crippen molar-refractivity contribution in [2.45, 2.75) is 27.2 Å². The quantitative estimate of drug-likeness (QED) is 0.767. The van der Waals surface area contributed by atoms with Gasteiger partial charge in [-0.15, -0.1) is 0 Å². The zero-order valence-electron chi connectivity index (χ0n) is 16.0. The summed E-state index contributed by atoms with van der Waals surface area (Å²) < 4.78 is 13.7. The van der Waals surface area contributed by atoms with E-state index < -0.39 is 0 Å². The number of hydrogen-bond acceptors (Lipinski definition) is 2. The molecule has 2 atom stereocenters. The second-order valence-electron chi connectivity index (χ2n) is 7.69. The molecule has 2 aliphatic rings. The first kappa shape index (κ1) is 18.5. The lowest BCUT2D eigenvalue weighted by molar-refractivity contribution is 0.546. The molecule has 136 valence electrons. The maximum absolute atomic E-state index is 13.7. The van der Waals surface area contributed by atoms with Gasteiger partial charge in [0.25, 0.3) is 0 Å². The molecule has 3 rings (SSSR count). The molecular formula is C23H27FN2. The van der Waals surface area contributed by atoms with Gasteiger partial charge in [0.15, 0.2) is 0 Å². The van der Waals surface area contributed by atoms with Gasteiger partial charge in [0.1, 0.15) is 5.82 Å². The van der Waals surface area contributed by atoms with E-state index in [4.69, 9.17) is 5.41 Å². The highest BCUT2D eigenvalue weighted by Crippen LogP contribution is 2.38. The van der Waals surface area contributed by atoms with Gasteiger partial charge in [-0.1, -0.05) is 37.3 Å². The number of halogens is 1. The summed E-state index contributed by atoms with van der Waals surface area (Å²) >= 11 is 0. The van der Waals surface area contributed by atoms with Crippen molar-refractivity contribution in [3.05, 3.63) is 76.7 Å². The molecule has 1 aromatic rings. The van der Waals surface area contributed by atoms with Gasteiger partial charge in [0, 0.05) is 17.7 Å². The van der Waals surface area contributed by atoms with Gasteiger partial charge >= 0.3 is 0 Å². The van der Waals surface area contributed by atoms with E-state index in [1.807, 2.05) is 38.3 Å². The van der Waals surface area contributed by atoms with Crippen molar-refractivity contribution in [2.24, 2.45) is 11.3 Å². The fraction of sp³-hybridized carbons (Fsp3) is 0.348. The summed E-state index contributed by atoms with van der Waals surface area (Å²) in [5.74, 6) is 0.288. The molecule has 0 bridgehead atoms. The summed E-state index contributed by atoms with van der Waals surface area (Å²) in [7, 11) is 1.92. The lowest BCUT2D eigenvalue weighted by Gasteiger charge is -2.31. The first-order valence-corrected chi connectivity index (χ1v) is 9.17. The second-order valence-corrected chi connectivity index (χ2v) is 7.69. The first-order chi connectivity index (χ1) is 12.3. The molecule has 0 heterocycles. The molecule has 0 radical (unpaired) electrons. The van der Waals surface area contributed by atoms with Crippen molar-refractivity contribution >= 4 is 11.3 Å². The van der Waals surface area contributed by atoms with E-state index in [0.717, 1.165) is 24.1 Å². The maximum atomic E-state index is 13.7. The van der Waals surface area contributed by atoms with Crippen LogP contribution in [0.4, 0.5) is 4.39 Å². The van der Waals surface area contributed by atoms with Crippen LogP contribution in [-0.4, -0.2) is 19.3 Å². The Morgan fingerprint density at radius 2 is 2.04 bits per heavy atom. The SMILES string of the molecule is CNCC1(C)C=C(C2=C(c3ccc(F)c(C)c3)CC(C)C=C2)C=CC1=N. The van der Waals surface area contributed by atoms with Gasteiger partial charge in [0.2, 0.25) is 0 Å². The highest BCUT2D eigenvalue weighted by Gasteiger charge is 2.29. The van der Waals surface area contributed by atoms with Crippen LogP contribution in [0.3, 0.4) is 0 Å². The smallest absolute Gasteiger partial charge is 0.126 e. The first-order valence-electron chi connectivity index (χ1n) is 9.17. The Kier molecular flexibility index (Phi) is 5.10. The summed E-state index contributed by atoms with van der Waals surface area (Å²) in [5, 5.41) is 11.5. The predicted octanol–water partition coefficient (Wildman–Crippen LogP) is 5.23. The molecule has 2 aliphatic carbocycles. The van der Waals surface area contributed by atoms with E-state index in [0.29, 0.717) is 17.2 Å². The minimum absolute atomic E-state index is 0.165. The summed E-state index contributed by atoms with van der Waals surface area (Å²) in [6.07, 6.45) is 11.5. The molecule has 0 saturated carbocycles. The Morgan fingerprint density at radius 1 is 1.27 bits per heavy atom. The summed E-state index contributed by atoms with van der Waals surface area (Å²) in [4.78, 5) is 0. The third-order valence-electron chi connectivity index (χ3n) is 5.32. The summed E-state index contributed by atoms with van der Waals surface area (Å²) in [6, 6.07) is 5.38. The number of allylic oxidation sites excluding steroid dienone is 7. The van der Waals surface area contributed by atoms with Crippen molar-refractivity contribution in [1.29, 1.82) is 5.41 Å². The topological polar surface area (TPSA) is 35.9 Å². The zero-order chi connectivity index (χ0) is 18.9. The van der Waals surface area contributed by atoms with Crippen molar-refractivity contribution in [3.63, 3.8) is 0 Å². The van der Waals surface area contributed by atoms with E-state index in [2.05, 4.69) is 37.4 Å². The molecular weight excluding hydrogens is 323 g/mol. The average Bonchev–Trinajstić information content (AvgIpc) is 2.60. The van der Waals surface area contributed by atoms with Crippen LogP contribution >= 0.6 is 0 Å². The lowest BCUT2D eigenvalue weighted by Crippen LogP contribution is -2.36. The Hall–Kier alpha value is -2.26. The third kappa shape index (κ3) is 3.49. The molecule has 2 N–H and O–H groups in total. The average molecular weight is 350 g/mol. The van der Waals surface area contributed by atoms with Gasteiger partial charge in [-0.3, -0.25) is 0 Å². The van der Waals surface area contributed by atoms with Crippen LogP contribution in [-0.2, 0) is 0 Å². The fourth-order valence-electron chi connectivity index (χ4n) is 3.75. The highest BCUT2D eigenvalue weighted by molar-refractivity contribution is 6.01. The molecule has 0 aromatic heterocycles. The van der Waals surface area contributed by atoms with Gasteiger partial charge in [0.05, 0.1) is 0 Å². The van der Waals surface area contributed by atoms with Crippen molar-refractivity contribution < 1.29 is 4.39 Å². The van der Waals surface area contributed by atoms with E-state index >= 15 is 0 Å². The van der Waals surface area contributed by atoms with Crippen LogP contribution in [0.15, 0.2) is 59.7 Å². The zero-order valence-corrected chi connectivity index (χ0v) is 16.0. The number of aryl methyl sites for hydroxylation is 1. The van der Waals surface area contributed by atoms with E-state index in [1.54, 1.807) is 6.07 Å². The molecule has 0 saturated heterocycles. The third-order valence-corrected chi connectivity index (χ3v) is 5.32. The summed E-state index contributed by atoms with van der Waals surface area (Å²) in [6.45, 7) is 6.83. The van der Waals surface area contributed by atoms with Gasteiger partial charge < -0.3 is 10.7 Å². The number of nitrogens with one attached hydrogen (secondary N) is 2. The van der Waals surface area contributed by atoms with E-state index in [1.165, 1.54) is 11.1 Å². The van der Waals surface area contributed by atoms with Crippen molar-refractivity contribution in [2.75, 3.05) is 13.6 Å². The normalized spacial score (nSPS) is 25.7. The number of rotatable bonds is 4. The Morgan fingerprint density at radius 3 is 2.73 bits per heavy atom. The minimum Gasteiger partial charge on any atom is -0.319 e. The molecule has 0 aliphatic heterocycles. The Labute approximate surface area is 155 Å². The molecule has 0 fully saturated rings. The van der Waals surface area contributed by atoms with Crippen LogP contribution in [0.5, 0.6) is 0 Å². The maximum Gasteiger partial charge on any atom is 0.126 e. The van der Waals surface area contributed by atoms with Crippen LogP contribution in [0, 0.1) is 29.5 Å². The number of benzene rings is 1. The Balaban J connectivity index is 2.12. The van der Waals surface area contributed by atoms with E-state index in [9.17, 15) is 4.39 Å². The van der Waals surface area contributed by atoms with Gasteiger partial charge in [-0.25, -0.2) is 4.39 Å². The molecule has 0 amide bonds. The molecule has 0 spiro atoms. The monoisotopic (exact) mass is 350 g/mol. The van der Waals surface area contributed by atoms with E-state index in [-0.39, 0.29) is 11.2 Å². The molecule has 26 heavy (non-hydrogen) atoms. The molecule has 2 nitrogen and oxygen atoms in total. The summed E-state index contributed by atoms with van der Waals surface area (Å²) in [5.41, 5.74) is 5.61. The molecule has 3 heteroatoms. The fourth-order valence-corrected chi connectivity index (χ4v) is 3.75.